The number of anilines is 1. The first-order chi connectivity index (χ1) is 8.83. The van der Waals surface area contributed by atoms with Gasteiger partial charge in [-0.1, -0.05) is 12.1 Å². The molecule has 3 rings (SSSR count). The van der Waals surface area contributed by atoms with E-state index in [4.69, 9.17) is 4.74 Å². The van der Waals surface area contributed by atoms with E-state index in [1.54, 1.807) is 0 Å². The van der Waals surface area contributed by atoms with Gasteiger partial charge >= 0.3 is 0 Å². The molecule has 0 spiro atoms. The molecule has 0 radical (unpaired) electrons. The largest absolute Gasteiger partial charge is 0.385 e. The molecule has 1 N–H and O–H groups in total. The van der Waals surface area contributed by atoms with Gasteiger partial charge < -0.3 is 10.1 Å². The molecule has 2 aliphatic rings. The molecular weight excluding hydrogens is 224 g/mol. The van der Waals surface area contributed by atoms with Crippen molar-refractivity contribution in [1.29, 1.82) is 0 Å². The van der Waals surface area contributed by atoms with E-state index in [1.165, 1.54) is 29.7 Å². The molecule has 3 heteroatoms. The Labute approximate surface area is 109 Å². The monoisotopic (exact) mass is 246 g/mol. The van der Waals surface area contributed by atoms with Crippen LogP contribution in [0.1, 0.15) is 24.5 Å². The van der Waals surface area contributed by atoms with Gasteiger partial charge in [0.15, 0.2) is 0 Å². The van der Waals surface area contributed by atoms with Crippen molar-refractivity contribution in [2.45, 2.75) is 32.4 Å². The summed E-state index contributed by atoms with van der Waals surface area (Å²) < 4.78 is 5.60. The van der Waals surface area contributed by atoms with Gasteiger partial charge in [-0.25, -0.2) is 0 Å². The maximum atomic E-state index is 5.60. The van der Waals surface area contributed by atoms with Crippen LogP contribution in [-0.2, 0) is 17.7 Å². The van der Waals surface area contributed by atoms with Crippen LogP contribution in [0.3, 0.4) is 0 Å². The average Bonchev–Trinajstić information content (AvgIpc) is 2.39. The van der Waals surface area contributed by atoms with Gasteiger partial charge in [0.05, 0.1) is 12.7 Å². The molecule has 1 aromatic carbocycles. The van der Waals surface area contributed by atoms with Crippen LogP contribution in [0.2, 0.25) is 0 Å². The van der Waals surface area contributed by atoms with Crippen molar-refractivity contribution in [3.05, 3.63) is 29.3 Å². The van der Waals surface area contributed by atoms with Gasteiger partial charge in [0, 0.05) is 31.9 Å². The van der Waals surface area contributed by atoms with Gasteiger partial charge in [-0.3, -0.25) is 4.90 Å². The highest BCUT2D eigenvalue weighted by atomic mass is 16.5. The summed E-state index contributed by atoms with van der Waals surface area (Å²) in [6.07, 6.45) is 2.85. The maximum Gasteiger partial charge on any atom is 0.0674 e. The first-order valence-electron chi connectivity index (χ1n) is 7.01. The van der Waals surface area contributed by atoms with Gasteiger partial charge in [-0.15, -0.1) is 0 Å². The molecule has 18 heavy (non-hydrogen) atoms. The number of fused-ring (bicyclic) bond motifs is 1. The molecule has 98 valence electrons. The summed E-state index contributed by atoms with van der Waals surface area (Å²) in [6, 6.07) is 6.67. The zero-order chi connectivity index (χ0) is 12.4. The van der Waals surface area contributed by atoms with Gasteiger partial charge in [-0.2, -0.15) is 0 Å². The molecule has 2 aliphatic heterocycles. The Hall–Kier alpha value is -1.06. The average molecular weight is 246 g/mol. The van der Waals surface area contributed by atoms with Crippen molar-refractivity contribution < 1.29 is 4.74 Å². The zero-order valence-electron chi connectivity index (χ0n) is 11.1. The minimum absolute atomic E-state index is 0.372. The predicted molar refractivity (Wildman–Crippen MR) is 73.9 cm³/mol. The van der Waals surface area contributed by atoms with Crippen LogP contribution < -0.4 is 5.32 Å². The molecule has 1 atom stereocenters. The van der Waals surface area contributed by atoms with Crippen molar-refractivity contribution in [1.82, 2.24) is 4.90 Å². The fourth-order valence-electron chi connectivity index (χ4n) is 3.01. The smallest absolute Gasteiger partial charge is 0.0674 e. The summed E-state index contributed by atoms with van der Waals surface area (Å²) >= 11 is 0. The number of ether oxygens (including phenoxy) is 1. The molecule has 0 bridgehead atoms. The Morgan fingerprint density at radius 2 is 2.39 bits per heavy atom. The highest BCUT2D eigenvalue weighted by molar-refractivity contribution is 5.56. The van der Waals surface area contributed by atoms with Crippen LogP contribution in [-0.4, -0.2) is 37.2 Å². The number of hydrogen-bond acceptors (Lipinski definition) is 3. The lowest BCUT2D eigenvalue weighted by atomic mass is 9.97. The van der Waals surface area contributed by atoms with Gasteiger partial charge in [0.1, 0.15) is 0 Å². The molecule has 1 saturated heterocycles. The molecule has 0 aromatic heterocycles. The molecular formula is C15H22N2O. The van der Waals surface area contributed by atoms with Gasteiger partial charge in [0.2, 0.25) is 0 Å². The van der Waals surface area contributed by atoms with Crippen LogP contribution >= 0.6 is 0 Å². The van der Waals surface area contributed by atoms with Crippen LogP contribution in [0.25, 0.3) is 0 Å². The maximum absolute atomic E-state index is 5.60. The second-order valence-electron chi connectivity index (χ2n) is 5.39. The second-order valence-corrected chi connectivity index (χ2v) is 5.39. The number of morpholine rings is 1. The van der Waals surface area contributed by atoms with Crippen LogP contribution in [0, 0.1) is 0 Å². The van der Waals surface area contributed by atoms with E-state index in [0.29, 0.717) is 6.10 Å². The van der Waals surface area contributed by atoms with Crippen LogP contribution in [0.4, 0.5) is 5.69 Å². The summed E-state index contributed by atoms with van der Waals surface area (Å²) in [5.74, 6) is 0. The third-order valence-corrected chi connectivity index (χ3v) is 3.91. The van der Waals surface area contributed by atoms with E-state index in [-0.39, 0.29) is 0 Å². The molecule has 1 aromatic rings. The normalized spacial score (nSPS) is 24.4. The van der Waals surface area contributed by atoms with Crippen molar-refractivity contribution in [3.63, 3.8) is 0 Å². The first kappa shape index (κ1) is 12.0. The van der Waals surface area contributed by atoms with Gasteiger partial charge in [0.25, 0.3) is 0 Å². The summed E-state index contributed by atoms with van der Waals surface area (Å²) in [7, 11) is 0. The van der Waals surface area contributed by atoms with E-state index < -0.39 is 0 Å². The van der Waals surface area contributed by atoms with Crippen molar-refractivity contribution in [3.8, 4) is 0 Å². The fourth-order valence-corrected chi connectivity index (χ4v) is 3.01. The minimum atomic E-state index is 0.372. The number of nitrogens with zero attached hydrogens (tertiary/aromatic N) is 1. The molecule has 1 unspecified atom stereocenters. The third kappa shape index (κ3) is 2.52. The quantitative estimate of drug-likeness (QED) is 0.866. The van der Waals surface area contributed by atoms with Crippen LogP contribution in [0.5, 0.6) is 0 Å². The highest BCUT2D eigenvalue weighted by Gasteiger charge is 2.19. The predicted octanol–water partition coefficient (Wildman–Crippen LogP) is 2.27. The topological polar surface area (TPSA) is 24.5 Å². The van der Waals surface area contributed by atoms with Crippen molar-refractivity contribution in [2.75, 3.05) is 31.6 Å². The molecule has 0 amide bonds. The van der Waals surface area contributed by atoms with Crippen LogP contribution in [0.15, 0.2) is 18.2 Å². The van der Waals surface area contributed by atoms with Crippen molar-refractivity contribution in [2.24, 2.45) is 0 Å². The highest BCUT2D eigenvalue weighted by Crippen LogP contribution is 2.26. The lowest BCUT2D eigenvalue weighted by Crippen LogP contribution is -2.40. The Morgan fingerprint density at radius 3 is 3.28 bits per heavy atom. The SMILES string of the molecule is CC1CN(Cc2cccc3c2CCCN3)CCO1. The summed E-state index contributed by atoms with van der Waals surface area (Å²) in [5.41, 5.74) is 4.37. The summed E-state index contributed by atoms with van der Waals surface area (Å²) in [5, 5.41) is 3.51. The van der Waals surface area contributed by atoms with E-state index in [0.717, 1.165) is 32.8 Å². The summed E-state index contributed by atoms with van der Waals surface area (Å²) in [6.45, 7) is 7.32. The Balaban J connectivity index is 1.76. The second kappa shape index (κ2) is 5.29. The fraction of sp³-hybridized carbons (Fsp3) is 0.600. The zero-order valence-corrected chi connectivity index (χ0v) is 11.1. The lowest BCUT2D eigenvalue weighted by Gasteiger charge is -2.32. The van der Waals surface area contributed by atoms with E-state index in [9.17, 15) is 0 Å². The molecule has 1 fully saturated rings. The molecule has 0 saturated carbocycles. The Morgan fingerprint density at radius 1 is 1.44 bits per heavy atom. The Bertz CT molecular complexity index is 419. The third-order valence-electron chi connectivity index (χ3n) is 3.91. The number of nitrogens with one attached hydrogen (secondary N) is 1. The molecule has 3 nitrogen and oxygen atoms in total. The Kier molecular flexibility index (Phi) is 3.52. The van der Waals surface area contributed by atoms with Crippen molar-refractivity contribution >= 4 is 5.69 Å². The van der Waals surface area contributed by atoms with E-state index >= 15 is 0 Å². The number of hydrogen-bond donors (Lipinski definition) is 1. The first-order valence-corrected chi connectivity index (χ1v) is 7.01. The number of benzene rings is 1. The standard InChI is InChI=1S/C15H22N2O/c1-12-10-17(8-9-18-12)11-13-4-2-6-15-14(13)5-3-7-16-15/h2,4,6,12,16H,3,5,7-11H2,1H3. The lowest BCUT2D eigenvalue weighted by molar-refractivity contribution is -0.0212. The number of rotatable bonds is 2. The van der Waals surface area contributed by atoms with E-state index in [2.05, 4.69) is 35.3 Å². The van der Waals surface area contributed by atoms with E-state index in [1.807, 2.05) is 0 Å². The molecule has 0 aliphatic carbocycles. The molecule has 2 heterocycles. The summed E-state index contributed by atoms with van der Waals surface area (Å²) in [4.78, 5) is 2.51. The van der Waals surface area contributed by atoms with Gasteiger partial charge in [-0.05, 0) is 37.0 Å². The minimum Gasteiger partial charge on any atom is -0.385 e.